The van der Waals surface area contributed by atoms with E-state index in [2.05, 4.69) is 21.3 Å². The third kappa shape index (κ3) is 7.82. The van der Waals surface area contributed by atoms with E-state index in [-0.39, 0.29) is 60.1 Å². The largest absolute Gasteiger partial charge is 0.508 e. The molecule has 6 N–H and O–H groups in total. The third-order valence-corrected chi connectivity index (χ3v) is 6.49. The highest BCUT2D eigenvalue weighted by Crippen LogP contribution is 2.27. The summed E-state index contributed by atoms with van der Waals surface area (Å²) in [5, 5.41) is 30.2. The molecule has 0 bridgehead atoms. The second kappa shape index (κ2) is 13.1. The van der Waals surface area contributed by atoms with Crippen molar-refractivity contribution >= 4 is 35.3 Å². The number of phenols is 1. The Balaban J connectivity index is 1.47. The first-order valence-electron chi connectivity index (χ1n) is 11.9. The fourth-order valence-corrected chi connectivity index (χ4v) is 4.38. The number of hydrogen-bond acceptors (Lipinski definition) is 6. The van der Waals surface area contributed by atoms with Crippen LogP contribution >= 0.6 is 11.6 Å². The number of carbonyl (C=O) groups excluding carboxylic acids is 3. The minimum atomic E-state index is -1.22. The Morgan fingerprint density at radius 1 is 1.14 bits per heavy atom. The van der Waals surface area contributed by atoms with Crippen LogP contribution in [0.25, 0.3) is 0 Å². The number of aliphatic carboxylic acids is 1. The Bertz CT molecular complexity index is 1050. The van der Waals surface area contributed by atoms with Crippen LogP contribution in [0.5, 0.6) is 5.75 Å². The summed E-state index contributed by atoms with van der Waals surface area (Å²) in [6, 6.07) is 5.02. The lowest BCUT2D eigenvalue weighted by Crippen LogP contribution is -2.49. The van der Waals surface area contributed by atoms with Crippen molar-refractivity contribution in [1.82, 2.24) is 21.3 Å². The van der Waals surface area contributed by atoms with Crippen LogP contribution < -0.4 is 21.3 Å². The van der Waals surface area contributed by atoms with Crippen LogP contribution in [0.3, 0.4) is 0 Å². The van der Waals surface area contributed by atoms with E-state index >= 15 is 0 Å². The molecule has 0 spiro atoms. The highest BCUT2D eigenvalue weighted by Gasteiger charge is 2.29. The molecule has 194 valence electrons. The maximum Gasteiger partial charge on any atom is 0.326 e. The van der Waals surface area contributed by atoms with Crippen LogP contribution in [0.15, 0.2) is 47.0 Å². The van der Waals surface area contributed by atoms with E-state index in [1.54, 1.807) is 18.2 Å². The van der Waals surface area contributed by atoms with Crippen LogP contribution in [0.4, 0.5) is 0 Å². The average molecular weight is 519 g/mol. The van der Waals surface area contributed by atoms with Gasteiger partial charge >= 0.3 is 5.97 Å². The zero-order chi connectivity index (χ0) is 26.1. The van der Waals surface area contributed by atoms with Gasteiger partial charge in [0.15, 0.2) is 0 Å². The number of amides is 3. The molecule has 1 aromatic carbocycles. The van der Waals surface area contributed by atoms with Crippen molar-refractivity contribution < 1.29 is 29.4 Å². The number of carboxylic acid groups (broad SMARTS) is 1. The molecule has 36 heavy (non-hydrogen) atoms. The summed E-state index contributed by atoms with van der Waals surface area (Å²) in [5.74, 6) is -3.08. The summed E-state index contributed by atoms with van der Waals surface area (Å²) in [6.07, 6.45) is 5.83. The van der Waals surface area contributed by atoms with Gasteiger partial charge in [0.25, 0.3) is 5.91 Å². The number of piperidine rings is 1. The molecule has 0 aromatic heterocycles. The van der Waals surface area contributed by atoms with Crippen molar-refractivity contribution in [2.45, 2.75) is 50.7 Å². The van der Waals surface area contributed by atoms with Gasteiger partial charge in [-0.15, -0.1) is 0 Å². The molecule has 3 atom stereocenters. The number of carbonyl (C=O) groups is 4. The van der Waals surface area contributed by atoms with Gasteiger partial charge < -0.3 is 31.5 Å². The second-order valence-corrected chi connectivity index (χ2v) is 9.25. The first kappa shape index (κ1) is 27.2. The third-order valence-electron chi connectivity index (χ3n) is 6.12. The fraction of sp³-hybridized carbons (Fsp3) is 0.440. The lowest BCUT2D eigenvalue weighted by molar-refractivity contribution is -0.142. The number of hydrogen-bond donors (Lipinski definition) is 6. The molecule has 10 nitrogen and oxygen atoms in total. The normalized spacial score (nSPS) is 20.4. The Morgan fingerprint density at radius 3 is 2.61 bits per heavy atom. The number of carboxylic acids is 1. The molecule has 0 radical (unpaired) electrons. The van der Waals surface area contributed by atoms with E-state index in [0.717, 1.165) is 31.4 Å². The number of benzene rings is 1. The van der Waals surface area contributed by atoms with Gasteiger partial charge in [-0.2, -0.15) is 0 Å². The zero-order valence-corrected chi connectivity index (χ0v) is 20.5. The van der Waals surface area contributed by atoms with Crippen LogP contribution in [-0.2, 0) is 25.7 Å². The molecule has 2 aliphatic rings. The van der Waals surface area contributed by atoms with Gasteiger partial charge in [0.05, 0.1) is 12.0 Å². The highest BCUT2D eigenvalue weighted by molar-refractivity contribution is 6.32. The molecule has 1 heterocycles. The molecular formula is C25H31ClN4O6. The summed E-state index contributed by atoms with van der Waals surface area (Å²) >= 11 is 6.28. The van der Waals surface area contributed by atoms with Crippen LogP contribution in [0.2, 0.25) is 0 Å². The predicted octanol–water partition coefficient (Wildman–Crippen LogP) is 1.30. The number of phenolic OH excluding ortho intramolecular Hbond substituents is 1. The molecule has 3 unspecified atom stereocenters. The molecule has 3 rings (SSSR count). The molecule has 1 saturated heterocycles. The minimum Gasteiger partial charge on any atom is -0.508 e. The SMILES string of the molecule is O=C(NCc1cccc(O)c1)C1=CCC(C(=O)NC(CCNC(=O)C2CCCCN2)C(=O)O)C(Cl)=C1. The predicted molar refractivity (Wildman–Crippen MR) is 133 cm³/mol. The first-order valence-corrected chi connectivity index (χ1v) is 12.3. The number of rotatable bonds is 10. The van der Waals surface area contributed by atoms with E-state index in [1.807, 2.05) is 0 Å². The van der Waals surface area contributed by atoms with Gasteiger partial charge in [0.1, 0.15) is 11.8 Å². The van der Waals surface area contributed by atoms with Crippen LogP contribution in [0, 0.1) is 5.92 Å². The molecule has 3 amide bonds. The standard InChI is InChI=1S/C25H31ClN4O6/c26-19-13-16(22(32)29-14-15-4-3-5-17(31)12-15)7-8-18(19)23(33)30-21(25(35)36)9-11-28-24(34)20-6-1-2-10-27-20/h3-5,7,12-13,18,20-21,27,31H,1-2,6,8-11,14H2,(H,28,34)(H,29,32)(H,30,33)(H,35,36). The number of nitrogens with one attached hydrogen (secondary N) is 4. The number of allylic oxidation sites excluding steroid dienone is 1. The molecule has 11 heteroatoms. The molecule has 0 saturated carbocycles. The molecular weight excluding hydrogens is 488 g/mol. The Labute approximate surface area is 214 Å². The Morgan fingerprint density at radius 2 is 1.94 bits per heavy atom. The van der Waals surface area contributed by atoms with E-state index in [1.165, 1.54) is 18.2 Å². The molecule has 1 aliphatic heterocycles. The monoisotopic (exact) mass is 518 g/mol. The first-order chi connectivity index (χ1) is 17.2. The van der Waals surface area contributed by atoms with E-state index < -0.39 is 23.8 Å². The topological polar surface area (TPSA) is 157 Å². The van der Waals surface area contributed by atoms with Crippen molar-refractivity contribution in [2.75, 3.05) is 13.1 Å². The summed E-state index contributed by atoms with van der Waals surface area (Å²) < 4.78 is 0. The Kier molecular flexibility index (Phi) is 9.89. The van der Waals surface area contributed by atoms with Crippen LogP contribution in [-0.4, -0.2) is 59.1 Å². The van der Waals surface area contributed by atoms with Crippen molar-refractivity contribution in [2.24, 2.45) is 5.92 Å². The van der Waals surface area contributed by atoms with Gasteiger partial charge in [0.2, 0.25) is 11.8 Å². The van der Waals surface area contributed by atoms with Gasteiger partial charge in [0, 0.05) is 23.7 Å². The average Bonchev–Trinajstić information content (AvgIpc) is 2.86. The minimum absolute atomic E-state index is 0.0200. The van der Waals surface area contributed by atoms with E-state index in [9.17, 15) is 29.4 Å². The smallest absolute Gasteiger partial charge is 0.326 e. The maximum absolute atomic E-state index is 12.7. The van der Waals surface area contributed by atoms with E-state index in [4.69, 9.17) is 11.6 Å². The quantitative estimate of drug-likeness (QED) is 0.272. The highest BCUT2D eigenvalue weighted by atomic mass is 35.5. The summed E-state index contributed by atoms with van der Waals surface area (Å²) in [5.41, 5.74) is 1.01. The molecule has 1 aromatic rings. The zero-order valence-electron chi connectivity index (χ0n) is 19.8. The summed E-state index contributed by atoms with van der Waals surface area (Å²) in [7, 11) is 0. The number of halogens is 1. The van der Waals surface area contributed by atoms with Crippen molar-refractivity contribution in [3.63, 3.8) is 0 Å². The van der Waals surface area contributed by atoms with Gasteiger partial charge in [-0.05, 0) is 56.0 Å². The summed E-state index contributed by atoms with van der Waals surface area (Å²) in [4.78, 5) is 49.1. The molecule has 1 fully saturated rings. The summed E-state index contributed by atoms with van der Waals surface area (Å²) in [6.45, 7) is 1.08. The van der Waals surface area contributed by atoms with Crippen molar-refractivity contribution in [1.29, 1.82) is 0 Å². The van der Waals surface area contributed by atoms with Gasteiger partial charge in [-0.1, -0.05) is 36.2 Å². The van der Waals surface area contributed by atoms with Crippen LogP contribution in [0.1, 0.15) is 37.7 Å². The lowest BCUT2D eigenvalue weighted by Gasteiger charge is -2.24. The maximum atomic E-state index is 12.7. The lowest BCUT2D eigenvalue weighted by atomic mass is 9.94. The van der Waals surface area contributed by atoms with Crippen molar-refractivity contribution in [3.8, 4) is 5.75 Å². The Hall–Kier alpha value is -3.37. The van der Waals surface area contributed by atoms with Gasteiger partial charge in [-0.25, -0.2) is 4.79 Å². The second-order valence-electron chi connectivity index (χ2n) is 8.81. The number of aromatic hydroxyl groups is 1. The molecule has 1 aliphatic carbocycles. The fourth-order valence-electron chi connectivity index (χ4n) is 4.08. The van der Waals surface area contributed by atoms with Crippen molar-refractivity contribution in [3.05, 3.63) is 52.6 Å². The van der Waals surface area contributed by atoms with Gasteiger partial charge in [-0.3, -0.25) is 14.4 Å². The van der Waals surface area contributed by atoms with E-state index in [0.29, 0.717) is 0 Å².